The molecule has 0 saturated heterocycles. The Morgan fingerprint density at radius 2 is 1.91 bits per heavy atom. The van der Waals surface area contributed by atoms with Gasteiger partial charge in [0.15, 0.2) is 9.84 Å². The predicted octanol–water partition coefficient (Wildman–Crippen LogP) is 2.57. The van der Waals surface area contributed by atoms with E-state index in [1.807, 2.05) is 12.1 Å². The van der Waals surface area contributed by atoms with E-state index in [9.17, 15) is 8.42 Å². The van der Waals surface area contributed by atoms with Gasteiger partial charge in [0, 0.05) is 30.8 Å². The lowest BCUT2D eigenvalue weighted by Crippen LogP contribution is -2.36. The van der Waals surface area contributed by atoms with E-state index in [2.05, 4.69) is 16.1 Å². The standard InChI is InChI=1S/C17H21N3O2S/c1-23(21,22)14-6-4-13(5-7-14)17(8-2-9-17)15-12-16-18-10-3-11-20(16)19-15/h4-7,12,18H,2-3,8-11H2,1H3. The van der Waals surface area contributed by atoms with Gasteiger partial charge in [-0.15, -0.1) is 0 Å². The molecule has 0 bridgehead atoms. The molecule has 1 aromatic carbocycles. The van der Waals surface area contributed by atoms with Crippen LogP contribution in [0.4, 0.5) is 5.82 Å². The van der Waals surface area contributed by atoms with Crippen molar-refractivity contribution < 1.29 is 8.42 Å². The molecular weight excluding hydrogens is 310 g/mol. The van der Waals surface area contributed by atoms with Gasteiger partial charge >= 0.3 is 0 Å². The number of fused-ring (bicyclic) bond motifs is 1. The molecule has 0 amide bonds. The summed E-state index contributed by atoms with van der Waals surface area (Å²) in [6.45, 7) is 1.96. The van der Waals surface area contributed by atoms with E-state index >= 15 is 0 Å². The second kappa shape index (κ2) is 5.09. The Labute approximate surface area is 136 Å². The van der Waals surface area contributed by atoms with Crippen LogP contribution in [-0.4, -0.2) is 31.0 Å². The van der Waals surface area contributed by atoms with Crippen LogP contribution in [0, 0.1) is 0 Å². The van der Waals surface area contributed by atoms with E-state index in [1.54, 1.807) is 12.1 Å². The Morgan fingerprint density at radius 1 is 1.17 bits per heavy atom. The quantitative estimate of drug-likeness (QED) is 0.939. The second-order valence-electron chi connectivity index (χ2n) is 6.65. The van der Waals surface area contributed by atoms with Gasteiger partial charge in [-0.1, -0.05) is 18.6 Å². The number of nitrogens with zero attached hydrogens (tertiary/aromatic N) is 2. The summed E-state index contributed by atoms with van der Waals surface area (Å²) in [7, 11) is -3.15. The van der Waals surface area contributed by atoms with Crippen LogP contribution in [0.25, 0.3) is 0 Å². The molecule has 2 heterocycles. The summed E-state index contributed by atoms with van der Waals surface area (Å²) in [4.78, 5) is 0.376. The Kier molecular flexibility index (Phi) is 3.27. The zero-order chi connectivity index (χ0) is 16.1. The average molecular weight is 331 g/mol. The van der Waals surface area contributed by atoms with E-state index in [0.29, 0.717) is 4.90 Å². The lowest BCUT2D eigenvalue weighted by Gasteiger charge is -2.41. The molecule has 2 aromatic rings. The minimum Gasteiger partial charge on any atom is -0.370 e. The van der Waals surface area contributed by atoms with Crippen molar-refractivity contribution in [2.24, 2.45) is 0 Å². The molecule has 6 heteroatoms. The van der Waals surface area contributed by atoms with Gasteiger partial charge in [0.1, 0.15) is 5.82 Å². The predicted molar refractivity (Wildman–Crippen MR) is 89.5 cm³/mol. The minimum atomic E-state index is -3.15. The second-order valence-corrected chi connectivity index (χ2v) is 8.67. The van der Waals surface area contributed by atoms with Crippen LogP contribution in [0.15, 0.2) is 35.2 Å². The van der Waals surface area contributed by atoms with Gasteiger partial charge in [-0.2, -0.15) is 5.10 Å². The molecule has 1 aliphatic heterocycles. The molecule has 0 unspecified atom stereocenters. The molecule has 1 aromatic heterocycles. The summed E-state index contributed by atoms with van der Waals surface area (Å²) in [5.41, 5.74) is 2.23. The van der Waals surface area contributed by atoms with Gasteiger partial charge in [-0.25, -0.2) is 13.1 Å². The van der Waals surface area contributed by atoms with Gasteiger partial charge in [0.25, 0.3) is 0 Å². The molecule has 5 nitrogen and oxygen atoms in total. The number of hydrogen-bond acceptors (Lipinski definition) is 4. The van der Waals surface area contributed by atoms with Crippen LogP contribution in [0.5, 0.6) is 0 Å². The highest BCUT2D eigenvalue weighted by Crippen LogP contribution is 2.49. The highest BCUT2D eigenvalue weighted by atomic mass is 32.2. The Bertz CT molecular complexity index is 810. The third-order valence-electron chi connectivity index (χ3n) is 5.17. The number of rotatable bonds is 3. The van der Waals surface area contributed by atoms with Gasteiger partial charge in [0.2, 0.25) is 0 Å². The van der Waals surface area contributed by atoms with E-state index in [4.69, 9.17) is 5.10 Å². The first kappa shape index (κ1) is 14.8. The van der Waals surface area contributed by atoms with Crippen molar-refractivity contribution in [2.75, 3.05) is 18.1 Å². The van der Waals surface area contributed by atoms with Crippen LogP contribution in [0.3, 0.4) is 0 Å². The monoisotopic (exact) mass is 331 g/mol. The first-order valence-electron chi connectivity index (χ1n) is 8.12. The molecule has 2 aliphatic rings. The van der Waals surface area contributed by atoms with Crippen LogP contribution in [0.2, 0.25) is 0 Å². The summed E-state index contributed by atoms with van der Waals surface area (Å²) >= 11 is 0. The molecule has 122 valence electrons. The molecule has 0 atom stereocenters. The normalized spacial score (nSPS) is 19.5. The molecule has 1 aliphatic carbocycles. The number of aryl methyl sites for hydroxylation is 1. The Balaban J connectivity index is 1.74. The fourth-order valence-corrected chi connectivity index (χ4v) is 4.28. The Hall–Kier alpha value is -1.82. The van der Waals surface area contributed by atoms with Crippen molar-refractivity contribution >= 4 is 15.7 Å². The maximum absolute atomic E-state index is 11.7. The number of sulfone groups is 1. The average Bonchev–Trinajstić information content (AvgIpc) is 2.89. The largest absolute Gasteiger partial charge is 0.370 e. The van der Waals surface area contributed by atoms with Crippen LogP contribution in [-0.2, 0) is 21.8 Å². The van der Waals surface area contributed by atoms with Crippen molar-refractivity contribution in [2.45, 2.75) is 42.5 Å². The fourth-order valence-electron chi connectivity index (χ4n) is 3.65. The van der Waals surface area contributed by atoms with E-state index in [0.717, 1.165) is 43.9 Å². The Morgan fingerprint density at radius 3 is 2.48 bits per heavy atom. The summed E-state index contributed by atoms with van der Waals surface area (Å²) in [5.74, 6) is 1.10. The lowest BCUT2D eigenvalue weighted by molar-refractivity contribution is 0.290. The van der Waals surface area contributed by atoms with Crippen molar-refractivity contribution in [3.8, 4) is 0 Å². The van der Waals surface area contributed by atoms with Crippen molar-refractivity contribution in [1.29, 1.82) is 0 Å². The number of aromatic nitrogens is 2. The number of hydrogen-bond donors (Lipinski definition) is 1. The summed E-state index contributed by atoms with van der Waals surface area (Å²) in [6, 6.07) is 9.53. The first-order chi connectivity index (χ1) is 11.0. The van der Waals surface area contributed by atoms with E-state index in [1.165, 1.54) is 18.2 Å². The first-order valence-corrected chi connectivity index (χ1v) is 10.0. The molecular formula is C17H21N3O2S. The van der Waals surface area contributed by atoms with E-state index < -0.39 is 9.84 Å². The maximum atomic E-state index is 11.7. The third kappa shape index (κ3) is 2.36. The van der Waals surface area contributed by atoms with Crippen molar-refractivity contribution in [3.05, 3.63) is 41.6 Å². The number of anilines is 1. The van der Waals surface area contributed by atoms with E-state index in [-0.39, 0.29) is 5.41 Å². The number of nitrogens with one attached hydrogen (secondary N) is 1. The highest BCUT2D eigenvalue weighted by molar-refractivity contribution is 7.90. The van der Waals surface area contributed by atoms with Crippen LogP contribution < -0.4 is 5.32 Å². The zero-order valence-electron chi connectivity index (χ0n) is 13.2. The van der Waals surface area contributed by atoms with Crippen molar-refractivity contribution in [1.82, 2.24) is 9.78 Å². The number of benzene rings is 1. The third-order valence-corrected chi connectivity index (χ3v) is 6.29. The zero-order valence-corrected chi connectivity index (χ0v) is 14.1. The van der Waals surface area contributed by atoms with Crippen molar-refractivity contribution in [3.63, 3.8) is 0 Å². The lowest BCUT2D eigenvalue weighted by atomic mass is 9.62. The van der Waals surface area contributed by atoms with Gasteiger partial charge < -0.3 is 5.32 Å². The van der Waals surface area contributed by atoms with Gasteiger partial charge in [0.05, 0.1) is 10.6 Å². The summed E-state index contributed by atoms with van der Waals surface area (Å²) in [5, 5.41) is 8.23. The topological polar surface area (TPSA) is 64.0 Å². The molecule has 4 rings (SSSR count). The van der Waals surface area contributed by atoms with Gasteiger partial charge in [-0.3, -0.25) is 0 Å². The summed E-state index contributed by atoms with van der Waals surface area (Å²) in [6.07, 6.45) is 5.67. The molecule has 0 spiro atoms. The van der Waals surface area contributed by atoms with Crippen LogP contribution in [0.1, 0.15) is 36.9 Å². The van der Waals surface area contributed by atoms with Crippen LogP contribution >= 0.6 is 0 Å². The summed E-state index contributed by atoms with van der Waals surface area (Å²) < 4.78 is 25.4. The molecule has 0 radical (unpaired) electrons. The fraction of sp³-hybridized carbons (Fsp3) is 0.471. The van der Waals surface area contributed by atoms with Gasteiger partial charge in [-0.05, 0) is 37.0 Å². The smallest absolute Gasteiger partial charge is 0.175 e. The maximum Gasteiger partial charge on any atom is 0.175 e. The highest BCUT2D eigenvalue weighted by Gasteiger charge is 2.43. The minimum absolute atomic E-state index is 0.0535. The molecule has 1 N–H and O–H groups in total. The SMILES string of the molecule is CS(=O)(=O)c1ccc(C2(c3cc4n(n3)CCCN4)CCC2)cc1. The molecule has 1 fully saturated rings. The molecule has 23 heavy (non-hydrogen) atoms. The molecule has 1 saturated carbocycles.